The van der Waals surface area contributed by atoms with Crippen LogP contribution in [0.25, 0.3) is 11.4 Å². The fraction of sp³-hybridized carbons (Fsp3) is 0.217. The van der Waals surface area contributed by atoms with Gasteiger partial charge in [0.15, 0.2) is 11.5 Å². The smallest absolute Gasteiger partial charge is 0.358 e. The summed E-state index contributed by atoms with van der Waals surface area (Å²) in [4.78, 5) is 14.3. The standard InChI is InChI=1S/C23H22ClN3O5/c1-30-17-9-4-14(20(10-17)31-2)12-26-13-19-18(22(28)21(26)23(29)32-3)11-25-27(19)16-7-5-15(24)6-8-16/h4-11,28H,12-13H2,1-3H3. The SMILES string of the molecule is COC(=O)C1=C(O)c2cnn(-c3ccc(Cl)cc3)c2CN1Cc1ccc(OC)cc1OC. The average molecular weight is 456 g/mol. The molecule has 0 saturated heterocycles. The summed E-state index contributed by atoms with van der Waals surface area (Å²) in [6.07, 6.45) is 1.54. The van der Waals surface area contributed by atoms with Crippen LogP contribution in [0.2, 0.25) is 5.02 Å². The number of ether oxygens (including phenoxy) is 3. The van der Waals surface area contributed by atoms with E-state index in [0.717, 1.165) is 16.9 Å². The number of benzene rings is 2. The van der Waals surface area contributed by atoms with Gasteiger partial charge in [0.25, 0.3) is 0 Å². The highest BCUT2D eigenvalue weighted by Crippen LogP contribution is 2.35. The zero-order valence-electron chi connectivity index (χ0n) is 17.8. The van der Waals surface area contributed by atoms with Crippen LogP contribution in [0.4, 0.5) is 0 Å². The van der Waals surface area contributed by atoms with Gasteiger partial charge in [-0.1, -0.05) is 11.6 Å². The molecule has 0 unspecified atom stereocenters. The van der Waals surface area contributed by atoms with E-state index in [2.05, 4.69) is 5.10 Å². The van der Waals surface area contributed by atoms with Crippen LogP contribution >= 0.6 is 11.6 Å². The molecule has 0 fully saturated rings. The first-order valence-electron chi connectivity index (χ1n) is 9.77. The van der Waals surface area contributed by atoms with Crippen LogP contribution in [-0.4, -0.2) is 47.1 Å². The Kier molecular flexibility index (Phi) is 5.96. The second-order valence-corrected chi connectivity index (χ2v) is 7.55. The van der Waals surface area contributed by atoms with Crippen LogP contribution in [0.3, 0.4) is 0 Å². The fourth-order valence-corrected chi connectivity index (χ4v) is 3.84. The monoisotopic (exact) mass is 455 g/mol. The van der Waals surface area contributed by atoms with Crippen molar-refractivity contribution in [1.82, 2.24) is 14.7 Å². The van der Waals surface area contributed by atoms with Gasteiger partial charge in [-0.2, -0.15) is 5.10 Å². The third-order valence-electron chi connectivity index (χ3n) is 5.31. The number of nitrogens with zero attached hydrogens (tertiary/aromatic N) is 3. The molecule has 166 valence electrons. The number of aliphatic hydroxyl groups excluding tert-OH is 1. The van der Waals surface area contributed by atoms with Crippen LogP contribution in [0.5, 0.6) is 11.5 Å². The highest BCUT2D eigenvalue weighted by atomic mass is 35.5. The molecule has 32 heavy (non-hydrogen) atoms. The summed E-state index contributed by atoms with van der Waals surface area (Å²) in [5.41, 5.74) is 2.85. The Bertz CT molecular complexity index is 1190. The number of hydrogen-bond donors (Lipinski definition) is 1. The van der Waals surface area contributed by atoms with Crippen molar-refractivity contribution in [3.05, 3.63) is 76.2 Å². The molecule has 0 spiro atoms. The Labute approximate surface area is 190 Å². The molecule has 1 aromatic heterocycles. The molecule has 1 N–H and O–H groups in total. The van der Waals surface area contributed by atoms with Crippen LogP contribution in [-0.2, 0) is 22.6 Å². The molecule has 2 aromatic carbocycles. The minimum atomic E-state index is -0.639. The Morgan fingerprint density at radius 3 is 2.53 bits per heavy atom. The molecule has 0 bridgehead atoms. The number of aliphatic hydroxyl groups is 1. The Hall–Kier alpha value is -3.65. The molecular weight excluding hydrogens is 434 g/mol. The topological polar surface area (TPSA) is 86.0 Å². The van der Waals surface area contributed by atoms with E-state index in [1.807, 2.05) is 24.3 Å². The van der Waals surface area contributed by atoms with Gasteiger partial charge in [-0.25, -0.2) is 9.48 Å². The number of aromatic nitrogens is 2. The molecule has 0 aliphatic carbocycles. The summed E-state index contributed by atoms with van der Waals surface area (Å²) in [5, 5.41) is 16.0. The van der Waals surface area contributed by atoms with Crippen LogP contribution in [0.1, 0.15) is 16.8 Å². The van der Waals surface area contributed by atoms with Gasteiger partial charge in [0.1, 0.15) is 11.5 Å². The van der Waals surface area contributed by atoms with Gasteiger partial charge in [0, 0.05) is 23.2 Å². The molecule has 8 nitrogen and oxygen atoms in total. The summed E-state index contributed by atoms with van der Waals surface area (Å²) < 4.78 is 17.4. The number of carbonyl (C=O) groups excluding carboxylic acids is 1. The third kappa shape index (κ3) is 3.85. The van der Waals surface area contributed by atoms with Gasteiger partial charge in [0.2, 0.25) is 0 Å². The molecule has 9 heteroatoms. The minimum Gasteiger partial charge on any atom is -0.505 e. The summed E-state index contributed by atoms with van der Waals surface area (Å²) in [5.74, 6) is 0.426. The van der Waals surface area contributed by atoms with Gasteiger partial charge in [0.05, 0.1) is 51.0 Å². The molecule has 4 rings (SSSR count). The van der Waals surface area contributed by atoms with Gasteiger partial charge in [-0.05, 0) is 36.4 Å². The van der Waals surface area contributed by atoms with Gasteiger partial charge < -0.3 is 24.2 Å². The Balaban J connectivity index is 1.78. The third-order valence-corrected chi connectivity index (χ3v) is 5.56. The number of hydrogen-bond acceptors (Lipinski definition) is 7. The van der Waals surface area contributed by atoms with E-state index in [4.69, 9.17) is 25.8 Å². The van der Waals surface area contributed by atoms with Crippen molar-refractivity contribution in [1.29, 1.82) is 0 Å². The maximum atomic E-state index is 12.6. The molecule has 3 aromatic rings. The van der Waals surface area contributed by atoms with Gasteiger partial charge in [-0.3, -0.25) is 0 Å². The van der Waals surface area contributed by atoms with Crippen molar-refractivity contribution < 1.29 is 24.1 Å². The molecule has 0 amide bonds. The highest BCUT2D eigenvalue weighted by Gasteiger charge is 2.33. The Morgan fingerprint density at radius 1 is 1.12 bits per heavy atom. The fourth-order valence-electron chi connectivity index (χ4n) is 3.71. The van der Waals surface area contributed by atoms with E-state index in [1.54, 1.807) is 42.0 Å². The van der Waals surface area contributed by atoms with Crippen molar-refractivity contribution in [2.45, 2.75) is 13.1 Å². The predicted molar refractivity (Wildman–Crippen MR) is 119 cm³/mol. The van der Waals surface area contributed by atoms with E-state index < -0.39 is 5.97 Å². The summed E-state index contributed by atoms with van der Waals surface area (Å²) >= 11 is 6.02. The number of fused-ring (bicyclic) bond motifs is 1. The second kappa shape index (κ2) is 8.84. The second-order valence-electron chi connectivity index (χ2n) is 7.12. The largest absolute Gasteiger partial charge is 0.505 e. The van der Waals surface area contributed by atoms with Crippen molar-refractivity contribution >= 4 is 23.3 Å². The van der Waals surface area contributed by atoms with E-state index in [0.29, 0.717) is 28.6 Å². The predicted octanol–water partition coefficient (Wildman–Crippen LogP) is 3.96. The quantitative estimate of drug-likeness (QED) is 0.563. The summed E-state index contributed by atoms with van der Waals surface area (Å²) in [6, 6.07) is 12.6. The zero-order chi connectivity index (χ0) is 22.8. The number of halogens is 1. The van der Waals surface area contributed by atoms with E-state index in [1.165, 1.54) is 13.3 Å². The molecule has 0 saturated carbocycles. The van der Waals surface area contributed by atoms with Crippen molar-refractivity contribution in [2.24, 2.45) is 0 Å². The first kappa shape index (κ1) is 21.6. The van der Waals surface area contributed by atoms with Gasteiger partial charge in [-0.15, -0.1) is 0 Å². The summed E-state index contributed by atoms with van der Waals surface area (Å²) in [6.45, 7) is 0.592. The maximum Gasteiger partial charge on any atom is 0.358 e. The lowest BCUT2D eigenvalue weighted by Crippen LogP contribution is -2.33. The number of carbonyl (C=O) groups is 1. The molecular formula is C23H22ClN3O5. The highest BCUT2D eigenvalue weighted by molar-refractivity contribution is 6.30. The van der Waals surface area contributed by atoms with Gasteiger partial charge >= 0.3 is 5.97 Å². The minimum absolute atomic E-state index is 0.0635. The van der Waals surface area contributed by atoms with E-state index in [-0.39, 0.29) is 18.0 Å². The first-order valence-corrected chi connectivity index (χ1v) is 10.1. The lowest BCUT2D eigenvalue weighted by atomic mass is 10.0. The average Bonchev–Trinajstić information content (AvgIpc) is 3.23. The summed E-state index contributed by atoms with van der Waals surface area (Å²) in [7, 11) is 4.42. The first-order chi connectivity index (χ1) is 15.5. The van der Waals surface area contributed by atoms with Crippen LogP contribution in [0.15, 0.2) is 54.4 Å². The number of esters is 1. The normalized spacial score (nSPS) is 13.1. The van der Waals surface area contributed by atoms with Crippen LogP contribution < -0.4 is 9.47 Å². The lowest BCUT2D eigenvalue weighted by molar-refractivity contribution is -0.138. The van der Waals surface area contributed by atoms with Crippen molar-refractivity contribution in [2.75, 3.05) is 21.3 Å². The molecule has 2 heterocycles. The molecule has 1 aliphatic rings. The Morgan fingerprint density at radius 2 is 1.88 bits per heavy atom. The zero-order valence-corrected chi connectivity index (χ0v) is 18.6. The molecule has 0 atom stereocenters. The van der Waals surface area contributed by atoms with E-state index >= 15 is 0 Å². The van der Waals surface area contributed by atoms with Crippen molar-refractivity contribution in [3.63, 3.8) is 0 Å². The number of rotatable bonds is 6. The number of methoxy groups -OCH3 is 3. The lowest BCUT2D eigenvalue weighted by Gasteiger charge is -2.31. The molecule has 1 aliphatic heterocycles. The van der Waals surface area contributed by atoms with E-state index in [9.17, 15) is 9.90 Å². The molecule has 0 radical (unpaired) electrons. The van der Waals surface area contributed by atoms with Crippen molar-refractivity contribution in [3.8, 4) is 17.2 Å². The maximum absolute atomic E-state index is 12.6. The van der Waals surface area contributed by atoms with Crippen LogP contribution in [0, 0.1) is 0 Å².